The van der Waals surface area contributed by atoms with Gasteiger partial charge < -0.3 is 4.74 Å². The minimum absolute atomic E-state index is 0.137. The molecule has 0 N–H and O–H groups in total. The van der Waals surface area contributed by atoms with E-state index in [1.807, 2.05) is 24.3 Å². The Balaban J connectivity index is 1.77. The van der Waals surface area contributed by atoms with Crippen molar-refractivity contribution >= 4 is 17.4 Å². The second-order valence-corrected chi connectivity index (χ2v) is 5.34. The second-order valence-electron chi connectivity index (χ2n) is 4.91. The zero-order valence-electron chi connectivity index (χ0n) is 10.9. The largest absolute Gasteiger partial charge is 0.493 e. The number of hydrogen-bond acceptors (Lipinski definition) is 3. The lowest BCUT2D eigenvalue weighted by atomic mass is 10.0. The molecule has 0 spiro atoms. The first-order valence-electron chi connectivity index (χ1n) is 6.57. The Morgan fingerprint density at radius 1 is 1.35 bits per heavy atom. The Bertz CT molecular complexity index is 640. The molecule has 0 fully saturated rings. The van der Waals surface area contributed by atoms with Crippen LogP contribution in [0, 0.1) is 0 Å². The molecule has 1 aromatic heterocycles. The van der Waals surface area contributed by atoms with Crippen LogP contribution in [0.5, 0.6) is 5.75 Å². The number of fused-ring (bicyclic) bond motifs is 1. The molecule has 0 bridgehead atoms. The van der Waals surface area contributed by atoms with Crippen LogP contribution in [0.4, 0.5) is 0 Å². The van der Waals surface area contributed by atoms with Gasteiger partial charge in [-0.25, -0.2) is 0 Å². The minimum atomic E-state index is 0.137. The highest BCUT2D eigenvalue weighted by molar-refractivity contribution is 6.30. The number of ether oxygens (including phenoxy) is 1. The molecule has 0 radical (unpaired) electrons. The van der Waals surface area contributed by atoms with Gasteiger partial charge >= 0.3 is 0 Å². The van der Waals surface area contributed by atoms with Gasteiger partial charge in [0, 0.05) is 42.2 Å². The number of benzene rings is 1. The lowest BCUT2D eigenvalue weighted by molar-refractivity contribution is -0.117. The van der Waals surface area contributed by atoms with Gasteiger partial charge in [-0.2, -0.15) is 0 Å². The Morgan fingerprint density at radius 2 is 2.25 bits per heavy atom. The third-order valence-electron chi connectivity index (χ3n) is 3.34. The van der Waals surface area contributed by atoms with Crippen molar-refractivity contribution in [1.29, 1.82) is 0 Å². The molecular weight excluding hydrogens is 274 g/mol. The van der Waals surface area contributed by atoms with Crippen molar-refractivity contribution in [2.45, 2.75) is 19.3 Å². The minimum Gasteiger partial charge on any atom is -0.493 e. The summed E-state index contributed by atoms with van der Waals surface area (Å²) >= 11 is 6.10. The molecule has 1 aromatic carbocycles. The van der Waals surface area contributed by atoms with Crippen LogP contribution in [0.3, 0.4) is 0 Å². The maximum Gasteiger partial charge on any atom is 0.141 e. The molecule has 2 heterocycles. The maximum absolute atomic E-state index is 12.2. The van der Waals surface area contributed by atoms with Gasteiger partial charge in [-0.05, 0) is 29.3 Å². The molecule has 0 unspecified atom stereocenters. The zero-order chi connectivity index (χ0) is 13.9. The Kier molecular flexibility index (Phi) is 3.70. The number of pyridine rings is 1. The summed E-state index contributed by atoms with van der Waals surface area (Å²) in [6.07, 6.45) is 5.01. The summed E-state index contributed by atoms with van der Waals surface area (Å²) in [6.45, 7) is 0.666. The summed E-state index contributed by atoms with van der Waals surface area (Å²) in [5.74, 6) is 0.979. The molecule has 0 saturated carbocycles. The molecule has 0 atom stereocenters. The van der Waals surface area contributed by atoms with Crippen LogP contribution in [0.2, 0.25) is 5.02 Å². The van der Waals surface area contributed by atoms with Crippen molar-refractivity contribution < 1.29 is 9.53 Å². The van der Waals surface area contributed by atoms with Gasteiger partial charge in [0.05, 0.1) is 6.61 Å². The average Bonchev–Trinajstić information content (AvgIpc) is 2.88. The van der Waals surface area contributed by atoms with Gasteiger partial charge in [0.25, 0.3) is 0 Å². The van der Waals surface area contributed by atoms with Gasteiger partial charge in [0.1, 0.15) is 11.5 Å². The lowest BCUT2D eigenvalue weighted by Crippen LogP contribution is -2.07. The van der Waals surface area contributed by atoms with E-state index >= 15 is 0 Å². The number of rotatable bonds is 4. The molecule has 0 aliphatic carbocycles. The first-order valence-corrected chi connectivity index (χ1v) is 6.95. The first-order chi connectivity index (χ1) is 9.72. The monoisotopic (exact) mass is 287 g/mol. The van der Waals surface area contributed by atoms with Crippen LogP contribution >= 0.6 is 11.6 Å². The number of carbonyl (C=O) groups is 1. The van der Waals surface area contributed by atoms with Crippen LogP contribution in [-0.2, 0) is 24.1 Å². The van der Waals surface area contributed by atoms with Gasteiger partial charge in [-0.1, -0.05) is 17.7 Å². The Labute approximate surface area is 122 Å². The van der Waals surface area contributed by atoms with Gasteiger partial charge in [-0.15, -0.1) is 0 Å². The fourth-order valence-electron chi connectivity index (χ4n) is 2.48. The maximum atomic E-state index is 12.2. The van der Waals surface area contributed by atoms with Crippen LogP contribution < -0.4 is 4.74 Å². The van der Waals surface area contributed by atoms with Gasteiger partial charge in [0.15, 0.2) is 0 Å². The number of aromatic nitrogens is 1. The molecule has 4 heteroatoms. The standard InChI is InChI=1S/C16H14ClNO2/c17-14-7-12-3-5-20-16(12)13(8-14)9-15(19)6-11-2-1-4-18-10-11/h1-2,4,7-8,10H,3,5-6,9H2. The number of carbonyl (C=O) groups excluding carboxylic acids is 1. The SMILES string of the molecule is O=C(Cc1cccnc1)Cc1cc(Cl)cc2c1OCC2. The van der Waals surface area contributed by atoms with E-state index in [-0.39, 0.29) is 5.78 Å². The van der Waals surface area contributed by atoms with E-state index in [2.05, 4.69) is 4.98 Å². The van der Waals surface area contributed by atoms with Crippen molar-refractivity contribution in [2.75, 3.05) is 6.61 Å². The topological polar surface area (TPSA) is 39.2 Å². The predicted molar refractivity (Wildman–Crippen MR) is 77.3 cm³/mol. The number of halogens is 1. The Hall–Kier alpha value is -1.87. The zero-order valence-corrected chi connectivity index (χ0v) is 11.7. The van der Waals surface area contributed by atoms with Crippen LogP contribution in [-0.4, -0.2) is 17.4 Å². The summed E-state index contributed by atoms with van der Waals surface area (Å²) in [6, 6.07) is 7.48. The highest BCUT2D eigenvalue weighted by Gasteiger charge is 2.19. The molecule has 3 nitrogen and oxygen atoms in total. The third kappa shape index (κ3) is 2.83. The normalized spacial score (nSPS) is 12.8. The molecule has 2 aromatic rings. The van der Waals surface area contributed by atoms with Gasteiger partial charge in [0.2, 0.25) is 0 Å². The molecule has 20 heavy (non-hydrogen) atoms. The highest BCUT2D eigenvalue weighted by atomic mass is 35.5. The van der Waals surface area contributed by atoms with E-state index in [1.165, 1.54) is 0 Å². The first kappa shape index (κ1) is 13.1. The van der Waals surface area contributed by atoms with E-state index in [4.69, 9.17) is 16.3 Å². The van der Waals surface area contributed by atoms with E-state index in [0.29, 0.717) is 24.5 Å². The third-order valence-corrected chi connectivity index (χ3v) is 3.56. The fraction of sp³-hybridized carbons (Fsp3) is 0.250. The van der Waals surface area contributed by atoms with Crippen LogP contribution in [0.25, 0.3) is 0 Å². The smallest absolute Gasteiger partial charge is 0.141 e. The van der Waals surface area contributed by atoms with E-state index in [1.54, 1.807) is 12.4 Å². The second kappa shape index (κ2) is 5.63. The van der Waals surface area contributed by atoms with Gasteiger partial charge in [-0.3, -0.25) is 9.78 Å². The average molecular weight is 288 g/mol. The summed E-state index contributed by atoms with van der Waals surface area (Å²) in [7, 11) is 0. The molecule has 1 aliphatic heterocycles. The van der Waals surface area contributed by atoms with Crippen molar-refractivity contribution in [3.63, 3.8) is 0 Å². The summed E-state index contributed by atoms with van der Waals surface area (Å²) < 4.78 is 5.61. The summed E-state index contributed by atoms with van der Waals surface area (Å²) in [5, 5.41) is 0.665. The van der Waals surface area contributed by atoms with Crippen molar-refractivity contribution in [2.24, 2.45) is 0 Å². The van der Waals surface area contributed by atoms with E-state index < -0.39 is 0 Å². The summed E-state index contributed by atoms with van der Waals surface area (Å²) in [4.78, 5) is 16.2. The Morgan fingerprint density at radius 3 is 3.05 bits per heavy atom. The molecule has 3 rings (SSSR count). The lowest BCUT2D eigenvalue weighted by Gasteiger charge is -2.08. The predicted octanol–water partition coefficient (Wildman–Crippen LogP) is 3.02. The molecule has 0 saturated heterocycles. The number of hydrogen-bond donors (Lipinski definition) is 0. The van der Waals surface area contributed by atoms with E-state index in [0.717, 1.165) is 28.9 Å². The molecule has 1 aliphatic rings. The fourth-order valence-corrected chi connectivity index (χ4v) is 2.75. The number of ketones is 1. The molecule has 0 amide bonds. The molecule has 102 valence electrons. The quantitative estimate of drug-likeness (QED) is 0.868. The van der Waals surface area contributed by atoms with E-state index in [9.17, 15) is 4.79 Å². The van der Waals surface area contributed by atoms with Crippen LogP contribution in [0.15, 0.2) is 36.7 Å². The number of nitrogens with zero attached hydrogens (tertiary/aromatic N) is 1. The highest BCUT2D eigenvalue weighted by Crippen LogP contribution is 2.33. The molecular formula is C16H14ClNO2. The van der Waals surface area contributed by atoms with Crippen molar-refractivity contribution in [1.82, 2.24) is 4.98 Å². The van der Waals surface area contributed by atoms with Crippen molar-refractivity contribution in [3.8, 4) is 5.75 Å². The van der Waals surface area contributed by atoms with Crippen molar-refractivity contribution in [3.05, 3.63) is 58.4 Å². The summed E-state index contributed by atoms with van der Waals surface area (Å²) in [5.41, 5.74) is 2.91. The number of Topliss-reactive ketones (excluding diaryl/α,β-unsaturated/α-hetero) is 1. The van der Waals surface area contributed by atoms with Crippen LogP contribution in [0.1, 0.15) is 16.7 Å².